The SMILES string of the molecule is C[C@H](NC(=O)[C@H](C)NC(=O)[C@H](Cc1ccccc1)NC(=O)[C@H](Cc1ccccc1)NC(=O)[C@H](CCCNC(=N)N)NC(=O)[C@@H]1CCCN1)C(=O)N[C@@H](Cc1ccccc1)C(=O)N1CCC[C@@H]1C(=O)O. The first-order valence-corrected chi connectivity index (χ1v) is 23.4. The predicted octanol–water partition coefficient (Wildman–Crippen LogP) is -0.246. The van der Waals surface area contributed by atoms with Crippen LogP contribution in [0.25, 0.3) is 0 Å². The van der Waals surface area contributed by atoms with E-state index in [1.54, 1.807) is 91.0 Å². The summed E-state index contributed by atoms with van der Waals surface area (Å²) in [6.07, 6.45) is 2.75. The van der Waals surface area contributed by atoms with Gasteiger partial charge in [-0.05, 0) is 75.6 Å². The molecule has 3 aromatic rings. The number of benzene rings is 3. The molecule has 2 heterocycles. The number of carboxylic acids is 1. The van der Waals surface area contributed by atoms with Crippen molar-refractivity contribution in [3.8, 4) is 0 Å². The van der Waals surface area contributed by atoms with E-state index in [1.807, 2.05) is 0 Å². The fourth-order valence-corrected chi connectivity index (χ4v) is 8.26. The second-order valence-corrected chi connectivity index (χ2v) is 17.4. The number of nitrogens with zero attached hydrogens (tertiary/aromatic N) is 1. The number of rotatable bonds is 24. The maximum atomic E-state index is 14.4. The summed E-state index contributed by atoms with van der Waals surface area (Å²) in [5.41, 5.74) is 7.54. The number of carboxylic acid groups (broad SMARTS) is 1. The van der Waals surface area contributed by atoms with Crippen LogP contribution in [0.5, 0.6) is 0 Å². The zero-order chi connectivity index (χ0) is 49.9. The van der Waals surface area contributed by atoms with Crippen LogP contribution in [0.4, 0.5) is 0 Å². The summed E-state index contributed by atoms with van der Waals surface area (Å²) in [6, 6.07) is 18.1. The van der Waals surface area contributed by atoms with Gasteiger partial charge in [0.1, 0.15) is 42.3 Å². The molecule has 7 amide bonds. The molecule has 0 radical (unpaired) electrons. The second kappa shape index (κ2) is 26.3. The van der Waals surface area contributed by atoms with E-state index in [0.717, 1.165) is 12.0 Å². The maximum Gasteiger partial charge on any atom is 0.326 e. The van der Waals surface area contributed by atoms with Gasteiger partial charge in [0, 0.05) is 32.4 Å². The third-order valence-electron chi connectivity index (χ3n) is 12.0. The molecule has 370 valence electrons. The Morgan fingerprint density at radius 1 is 0.638 bits per heavy atom. The molecule has 20 heteroatoms. The first kappa shape index (κ1) is 52.6. The van der Waals surface area contributed by atoms with Crippen LogP contribution in [0.1, 0.15) is 69.1 Å². The van der Waals surface area contributed by atoms with Gasteiger partial charge >= 0.3 is 5.97 Å². The highest BCUT2D eigenvalue weighted by Gasteiger charge is 2.39. The smallest absolute Gasteiger partial charge is 0.326 e. The Morgan fingerprint density at radius 3 is 1.59 bits per heavy atom. The van der Waals surface area contributed by atoms with Crippen LogP contribution in [0.3, 0.4) is 0 Å². The van der Waals surface area contributed by atoms with E-state index in [4.69, 9.17) is 11.1 Å². The zero-order valence-electron chi connectivity index (χ0n) is 39.0. The van der Waals surface area contributed by atoms with Crippen LogP contribution in [0.2, 0.25) is 0 Å². The lowest BCUT2D eigenvalue weighted by Crippen LogP contribution is -2.60. The van der Waals surface area contributed by atoms with Crippen molar-refractivity contribution in [3.63, 3.8) is 0 Å². The molecular formula is C49H65N11O9. The molecule has 20 nitrogen and oxygen atoms in total. The van der Waals surface area contributed by atoms with Crippen molar-refractivity contribution >= 4 is 53.3 Å². The second-order valence-electron chi connectivity index (χ2n) is 17.4. The molecule has 3 aromatic carbocycles. The van der Waals surface area contributed by atoms with E-state index in [1.165, 1.54) is 18.7 Å². The van der Waals surface area contributed by atoms with Gasteiger partial charge in [-0.3, -0.25) is 39.0 Å². The highest BCUT2D eigenvalue weighted by atomic mass is 16.4. The Hall–Kier alpha value is -7.35. The predicted molar refractivity (Wildman–Crippen MR) is 256 cm³/mol. The lowest BCUT2D eigenvalue weighted by Gasteiger charge is -2.28. The Kier molecular flexibility index (Phi) is 20.0. The monoisotopic (exact) mass is 951 g/mol. The van der Waals surface area contributed by atoms with Gasteiger partial charge in [-0.2, -0.15) is 0 Å². The lowest BCUT2D eigenvalue weighted by atomic mass is 10.0. The maximum absolute atomic E-state index is 14.4. The Labute approximate surface area is 401 Å². The Morgan fingerprint density at radius 2 is 1.10 bits per heavy atom. The Bertz CT molecular complexity index is 2250. The number of nitrogens with one attached hydrogen (secondary N) is 9. The quantitative estimate of drug-likeness (QED) is 0.0315. The van der Waals surface area contributed by atoms with Crippen LogP contribution < -0.4 is 48.3 Å². The van der Waals surface area contributed by atoms with Gasteiger partial charge in [0.2, 0.25) is 41.4 Å². The molecule has 2 aliphatic rings. The van der Waals surface area contributed by atoms with E-state index < -0.39 is 89.7 Å². The molecule has 0 aliphatic carbocycles. The number of amides is 7. The van der Waals surface area contributed by atoms with E-state index in [9.17, 15) is 43.5 Å². The molecule has 0 unspecified atom stereocenters. The minimum absolute atomic E-state index is 0.00955. The summed E-state index contributed by atoms with van der Waals surface area (Å²) in [6.45, 7) is 3.95. The Balaban J connectivity index is 1.28. The summed E-state index contributed by atoms with van der Waals surface area (Å²) >= 11 is 0. The number of carbonyl (C=O) groups is 8. The van der Waals surface area contributed by atoms with Crippen molar-refractivity contribution in [1.29, 1.82) is 5.41 Å². The van der Waals surface area contributed by atoms with Crippen molar-refractivity contribution < 1.29 is 43.5 Å². The van der Waals surface area contributed by atoms with E-state index >= 15 is 0 Å². The molecule has 5 rings (SSSR count). The molecule has 69 heavy (non-hydrogen) atoms. The molecule has 0 spiro atoms. The fraction of sp³-hybridized carbons (Fsp3) is 0.449. The first-order valence-electron chi connectivity index (χ1n) is 23.4. The molecule has 8 atom stereocenters. The normalized spacial score (nSPS) is 17.9. The summed E-state index contributed by atoms with van der Waals surface area (Å²) in [5, 5.41) is 39.4. The molecule has 2 fully saturated rings. The summed E-state index contributed by atoms with van der Waals surface area (Å²) in [5.74, 6) is -5.86. The van der Waals surface area contributed by atoms with Crippen LogP contribution in [0, 0.1) is 5.41 Å². The van der Waals surface area contributed by atoms with Crippen LogP contribution in [-0.4, -0.2) is 131 Å². The molecule has 12 N–H and O–H groups in total. The van der Waals surface area contributed by atoms with Gasteiger partial charge in [0.05, 0.1) is 6.04 Å². The highest BCUT2D eigenvalue weighted by molar-refractivity contribution is 5.97. The number of nitrogens with two attached hydrogens (primary N) is 1. The molecule has 2 aliphatic heterocycles. The number of carbonyl (C=O) groups excluding carboxylic acids is 7. The number of aliphatic carboxylic acids is 1. The minimum Gasteiger partial charge on any atom is -0.480 e. The van der Waals surface area contributed by atoms with Gasteiger partial charge in [-0.1, -0.05) is 91.0 Å². The topological polar surface area (TPSA) is 306 Å². The minimum atomic E-state index is -1.27. The highest BCUT2D eigenvalue weighted by Crippen LogP contribution is 2.20. The van der Waals surface area contributed by atoms with Gasteiger partial charge in [-0.25, -0.2) is 4.79 Å². The summed E-state index contributed by atoms with van der Waals surface area (Å²) < 4.78 is 0. The third-order valence-corrected chi connectivity index (χ3v) is 12.0. The average molecular weight is 952 g/mol. The number of guanidine groups is 1. The molecular weight excluding hydrogens is 887 g/mol. The zero-order valence-corrected chi connectivity index (χ0v) is 39.0. The third kappa shape index (κ3) is 16.4. The first-order chi connectivity index (χ1) is 33.1. The van der Waals surface area contributed by atoms with E-state index in [0.29, 0.717) is 36.9 Å². The standard InChI is InChI=1S/C49H65N11O9/c1-30(41(61)54-31(2)42(62)59-39(29-34-19-10-5-11-20-34)47(67)60-26-14-23-40(60)48(68)69)55-45(65)37(27-32-15-6-3-7-16-32)58-46(66)38(28-33-17-8-4-9-18-33)57-44(64)36(22-13-25-53-49(50)51)56-43(63)35-21-12-24-52-35/h3-11,15-20,30-31,35-40,52H,12-14,21-29H2,1-2H3,(H,54,61)(H,55,65)(H,56,63)(H,57,64)(H,58,66)(H,59,62)(H,68,69)(H4,50,51,53)/t30-,31-,35-,36-,37-,38-,39-,40+/m0/s1. The van der Waals surface area contributed by atoms with Crippen LogP contribution >= 0.6 is 0 Å². The van der Waals surface area contributed by atoms with E-state index in [2.05, 4.69) is 42.5 Å². The van der Waals surface area contributed by atoms with Gasteiger partial charge in [-0.15, -0.1) is 0 Å². The van der Waals surface area contributed by atoms with Crippen molar-refractivity contribution in [3.05, 3.63) is 108 Å². The number of likely N-dealkylation sites (tertiary alicyclic amines) is 1. The van der Waals surface area contributed by atoms with E-state index in [-0.39, 0.29) is 57.1 Å². The summed E-state index contributed by atoms with van der Waals surface area (Å²) in [4.78, 5) is 110. The van der Waals surface area contributed by atoms with Crippen molar-refractivity contribution in [2.24, 2.45) is 5.73 Å². The van der Waals surface area contributed by atoms with Crippen LogP contribution in [-0.2, 0) is 57.6 Å². The average Bonchev–Trinajstić information content (AvgIpc) is 4.07. The lowest BCUT2D eigenvalue weighted by molar-refractivity contribution is -0.149. The largest absolute Gasteiger partial charge is 0.480 e. The molecule has 0 aromatic heterocycles. The van der Waals surface area contributed by atoms with Crippen molar-refractivity contribution in [1.82, 2.24) is 47.4 Å². The number of hydrogen-bond donors (Lipinski definition) is 11. The molecule has 2 saturated heterocycles. The fourth-order valence-electron chi connectivity index (χ4n) is 8.26. The number of hydrogen-bond acceptors (Lipinski definition) is 10. The van der Waals surface area contributed by atoms with Gasteiger partial charge in [0.25, 0.3) is 0 Å². The molecule has 0 bridgehead atoms. The molecule has 0 saturated carbocycles. The van der Waals surface area contributed by atoms with Crippen LogP contribution in [0.15, 0.2) is 91.0 Å². The van der Waals surface area contributed by atoms with Crippen molar-refractivity contribution in [2.75, 3.05) is 19.6 Å². The van der Waals surface area contributed by atoms with Crippen molar-refractivity contribution in [2.45, 2.75) is 120 Å². The van der Waals surface area contributed by atoms with Gasteiger partial charge in [0.15, 0.2) is 5.96 Å². The summed E-state index contributed by atoms with van der Waals surface area (Å²) in [7, 11) is 0. The van der Waals surface area contributed by atoms with Gasteiger partial charge < -0.3 is 58.3 Å².